The molecular formula is C11H17N3. The first-order valence-electron chi connectivity index (χ1n) is 5.27. The highest BCUT2D eigenvalue weighted by molar-refractivity contribution is 5.35. The molecule has 1 atom stereocenters. The maximum Gasteiger partial charge on any atom is 0.125 e. The second kappa shape index (κ2) is 4.42. The van der Waals surface area contributed by atoms with E-state index in [4.69, 9.17) is 0 Å². The van der Waals surface area contributed by atoms with Gasteiger partial charge >= 0.3 is 0 Å². The Morgan fingerprint density at radius 3 is 2.93 bits per heavy atom. The molecule has 2 heterocycles. The van der Waals surface area contributed by atoms with Crippen LogP contribution in [0.3, 0.4) is 0 Å². The Labute approximate surface area is 84.9 Å². The van der Waals surface area contributed by atoms with E-state index >= 15 is 0 Å². The first-order chi connectivity index (χ1) is 6.90. The predicted molar refractivity (Wildman–Crippen MR) is 58.4 cm³/mol. The number of anilines is 1. The third-order valence-electron chi connectivity index (χ3n) is 2.76. The van der Waals surface area contributed by atoms with Gasteiger partial charge in [0.05, 0.1) is 0 Å². The number of nitrogens with one attached hydrogen (secondary N) is 2. The summed E-state index contributed by atoms with van der Waals surface area (Å²) in [6.07, 6.45) is 5.83. The molecule has 3 heteroatoms. The van der Waals surface area contributed by atoms with E-state index in [1.165, 1.54) is 24.8 Å². The van der Waals surface area contributed by atoms with Crippen LogP contribution in [0.1, 0.15) is 30.9 Å². The zero-order valence-corrected chi connectivity index (χ0v) is 8.59. The number of piperidine rings is 1. The number of hydrogen-bond acceptors (Lipinski definition) is 3. The highest BCUT2D eigenvalue weighted by atomic mass is 15.0. The lowest BCUT2D eigenvalue weighted by atomic mass is 9.99. The zero-order chi connectivity index (χ0) is 9.80. The maximum absolute atomic E-state index is 4.32. The number of hydrogen-bond donors (Lipinski definition) is 2. The molecule has 2 rings (SSSR count). The molecule has 1 aromatic heterocycles. The van der Waals surface area contributed by atoms with Crippen LogP contribution in [0.25, 0.3) is 0 Å². The van der Waals surface area contributed by atoms with Crippen LogP contribution in [0.5, 0.6) is 0 Å². The zero-order valence-electron chi connectivity index (χ0n) is 8.59. The Hall–Kier alpha value is -1.09. The summed E-state index contributed by atoms with van der Waals surface area (Å²) in [5.74, 6) is 0.935. The van der Waals surface area contributed by atoms with Gasteiger partial charge in [-0.25, -0.2) is 4.98 Å². The lowest BCUT2D eigenvalue weighted by molar-refractivity contribution is 0.411. The first-order valence-corrected chi connectivity index (χ1v) is 5.27. The van der Waals surface area contributed by atoms with Gasteiger partial charge in [0.15, 0.2) is 0 Å². The minimum atomic E-state index is 0.516. The van der Waals surface area contributed by atoms with Gasteiger partial charge in [0, 0.05) is 19.3 Å². The third kappa shape index (κ3) is 2.04. The molecule has 0 radical (unpaired) electrons. The predicted octanol–water partition coefficient (Wildman–Crippen LogP) is 1.94. The van der Waals surface area contributed by atoms with E-state index in [2.05, 4.69) is 21.7 Å². The molecule has 2 N–H and O–H groups in total. The summed E-state index contributed by atoms with van der Waals surface area (Å²) < 4.78 is 0. The molecule has 14 heavy (non-hydrogen) atoms. The molecule has 0 aromatic carbocycles. The molecule has 0 spiro atoms. The van der Waals surface area contributed by atoms with Crippen molar-refractivity contribution in [3.05, 3.63) is 23.9 Å². The van der Waals surface area contributed by atoms with Gasteiger partial charge in [-0.1, -0.05) is 12.5 Å². The van der Waals surface area contributed by atoms with Crippen molar-refractivity contribution in [2.45, 2.75) is 25.3 Å². The summed E-state index contributed by atoms with van der Waals surface area (Å²) in [5, 5.41) is 6.54. The van der Waals surface area contributed by atoms with Gasteiger partial charge in [0.2, 0.25) is 0 Å². The highest BCUT2D eigenvalue weighted by Gasteiger charge is 2.14. The summed E-state index contributed by atoms with van der Waals surface area (Å²) in [5.41, 5.74) is 1.31. The smallest absolute Gasteiger partial charge is 0.125 e. The molecule has 1 fully saturated rings. The van der Waals surface area contributed by atoms with Crippen LogP contribution in [-0.4, -0.2) is 18.6 Å². The lowest BCUT2D eigenvalue weighted by Gasteiger charge is -2.23. The van der Waals surface area contributed by atoms with Crippen molar-refractivity contribution in [2.75, 3.05) is 18.9 Å². The van der Waals surface area contributed by atoms with Gasteiger partial charge in [-0.2, -0.15) is 0 Å². The third-order valence-corrected chi connectivity index (χ3v) is 2.76. The Bertz CT molecular complexity index is 275. The number of aromatic nitrogens is 1. The van der Waals surface area contributed by atoms with E-state index in [0.717, 1.165) is 12.4 Å². The van der Waals surface area contributed by atoms with Crippen molar-refractivity contribution >= 4 is 5.82 Å². The Morgan fingerprint density at radius 1 is 1.43 bits per heavy atom. The second-order valence-corrected chi connectivity index (χ2v) is 3.73. The van der Waals surface area contributed by atoms with Crippen LogP contribution < -0.4 is 10.6 Å². The van der Waals surface area contributed by atoms with Gasteiger partial charge in [0.25, 0.3) is 0 Å². The van der Waals surface area contributed by atoms with Crippen molar-refractivity contribution in [3.63, 3.8) is 0 Å². The van der Waals surface area contributed by atoms with Gasteiger partial charge in [-0.15, -0.1) is 0 Å². The average Bonchev–Trinajstić information content (AvgIpc) is 2.30. The van der Waals surface area contributed by atoms with E-state index in [-0.39, 0.29) is 0 Å². The molecule has 1 aliphatic heterocycles. The normalized spacial score (nSPS) is 21.9. The van der Waals surface area contributed by atoms with E-state index in [1.54, 1.807) is 0 Å². The van der Waals surface area contributed by atoms with Crippen molar-refractivity contribution in [1.29, 1.82) is 0 Å². The quantitative estimate of drug-likeness (QED) is 0.750. The van der Waals surface area contributed by atoms with Crippen LogP contribution >= 0.6 is 0 Å². The van der Waals surface area contributed by atoms with Gasteiger partial charge in [-0.05, 0) is 31.0 Å². The summed E-state index contributed by atoms with van der Waals surface area (Å²) in [6.45, 7) is 1.14. The van der Waals surface area contributed by atoms with Gasteiger partial charge < -0.3 is 10.6 Å². The lowest BCUT2D eigenvalue weighted by Crippen LogP contribution is -2.26. The first kappa shape index (κ1) is 9.46. The fraction of sp³-hybridized carbons (Fsp3) is 0.545. The van der Waals surface area contributed by atoms with Crippen molar-refractivity contribution in [3.8, 4) is 0 Å². The fourth-order valence-corrected chi connectivity index (χ4v) is 1.90. The number of pyridine rings is 1. The van der Waals surface area contributed by atoms with E-state index < -0.39 is 0 Å². The summed E-state index contributed by atoms with van der Waals surface area (Å²) in [7, 11) is 1.89. The Kier molecular flexibility index (Phi) is 2.99. The monoisotopic (exact) mass is 191 g/mol. The van der Waals surface area contributed by atoms with E-state index in [9.17, 15) is 0 Å². The molecule has 3 nitrogen and oxygen atoms in total. The molecular weight excluding hydrogens is 174 g/mol. The topological polar surface area (TPSA) is 37.0 Å². The van der Waals surface area contributed by atoms with Crippen molar-refractivity contribution < 1.29 is 0 Å². The minimum Gasteiger partial charge on any atom is -0.373 e. The molecule has 1 saturated heterocycles. The number of rotatable bonds is 2. The molecule has 1 aromatic rings. The molecule has 76 valence electrons. The van der Waals surface area contributed by atoms with E-state index in [0.29, 0.717) is 6.04 Å². The van der Waals surface area contributed by atoms with Crippen LogP contribution in [0.4, 0.5) is 5.82 Å². The molecule has 0 amide bonds. The van der Waals surface area contributed by atoms with Crippen LogP contribution in [-0.2, 0) is 0 Å². The molecule has 0 saturated carbocycles. The second-order valence-electron chi connectivity index (χ2n) is 3.73. The largest absolute Gasteiger partial charge is 0.373 e. The summed E-state index contributed by atoms with van der Waals surface area (Å²) in [4.78, 5) is 4.32. The number of nitrogens with zero attached hydrogens (tertiary/aromatic N) is 1. The SMILES string of the molecule is CNc1ccc([C@H]2CCCCN2)cn1. The van der Waals surface area contributed by atoms with Crippen LogP contribution in [0.2, 0.25) is 0 Å². The Balaban J connectivity index is 2.07. The average molecular weight is 191 g/mol. The minimum absolute atomic E-state index is 0.516. The van der Waals surface area contributed by atoms with E-state index in [1.807, 2.05) is 19.3 Å². The fourth-order valence-electron chi connectivity index (χ4n) is 1.90. The van der Waals surface area contributed by atoms with Gasteiger partial charge in [-0.3, -0.25) is 0 Å². The maximum atomic E-state index is 4.32. The van der Waals surface area contributed by atoms with Gasteiger partial charge in [0.1, 0.15) is 5.82 Å². The molecule has 0 aliphatic carbocycles. The summed E-state index contributed by atoms with van der Waals surface area (Å²) >= 11 is 0. The molecule has 0 unspecified atom stereocenters. The van der Waals surface area contributed by atoms with Crippen LogP contribution in [0, 0.1) is 0 Å². The summed E-state index contributed by atoms with van der Waals surface area (Å²) in [6, 6.07) is 4.70. The highest BCUT2D eigenvalue weighted by Crippen LogP contribution is 2.22. The molecule has 0 bridgehead atoms. The standard InChI is InChI=1S/C11H17N3/c1-12-11-6-5-9(8-14-11)10-4-2-3-7-13-10/h5-6,8,10,13H,2-4,7H2,1H3,(H,12,14)/t10-/m1/s1. The van der Waals surface area contributed by atoms with Crippen LogP contribution in [0.15, 0.2) is 18.3 Å². The van der Waals surface area contributed by atoms with Crippen molar-refractivity contribution in [2.24, 2.45) is 0 Å². The Morgan fingerprint density at radius 2 is 2.36 bits per heavy atom. The van der Waals surface area contributed by atoms with Crippen molar-refractivity contribution in [1.82, 2.24) is 10.3 Å². The molecule has 1 aliphatic rings.